The van der Waals surface area contributed by atoms with Crippen molar-refractivity contribution in [2.75, 3.05) is 0 Å². The number of unbranched alkanes of at least 4 members (excludes halogenated alkanes) is 1. The van der Waals surface area contributed by atoms with Gasteiger partial charge in [-0.2, -0.15) is 0 Å². The van der Waals surface area contributed by atoms with Crippen LogP contribution in [0.25, 0.3) is 0 Å². The summed E-state index contributed by atoms with van der Waals surface area (Å²) in [6.07, 6.45) is 5.93. The third kappa shape index (κ3) is 4.94. The molecule has 19 heavy (non-hydrogen) atoms. The van der Waals surface area contributed by atoms with Crippen molar-refractivity contribution in [2.45, 2.75) is 77.4 Å². The van der Waals surface area contributed by atoms with Gasteiger partial charge in [-0.3, -0.25) is 9.59 Å². The van der Waals surface area contributed by atoms with Gasteiger partial charge in [0.1, 0.15) is 0 Å². The Morgan fingerprint density at radius 2 is 1.89 bits per heavy atom. The first-order valence-electron chi connectivity index (χ1n) is 7.45. The van der Waals surface area contributed by atoms with Crippen LogP contribution in [-0.4, -0.2) is 28.4 Å². The molecule has 0 unspecified atom stereocenters. The lowest BCUT2D eigenvalue weighted by atomic mass is 9.79. The third-order valence-corrected chi connectivity index (χ3v) is 4.00. The van der Waals surface area contributed by atoms with Crippen LogP contribution in [0.4, 0.5) is 0 Å². The van der Waals surface area contributed by atoms with Crippen molar-refractivity contribution in [1.82, 2.24) is 5.32 Å². The van der Waals surface area contributed by atoms with Gasteiger partial charge in [0.2, 0.25) is 5.78 Å². The quantitative estimate of drug-likeness (QED) is 0.726. The Hall–Kier alpha value is -0.900. The second-order valence-corrected chi connectivity index (χ2v) is 6.09. The smallest absolute Gasteiger partial charge is 0.287 e. The molecule has 0 aromatic carbocycles. The molecule has 0 heterocycles. The van der Waals surface area contributed by atoms with Crippen LogP contribution in [0, 0.1) is 5.92 Å². The van der Waals surface area contributed by atoms with Crippen molar-refractivity contribution in [3.8, 4) is 0 Å². The van der Waals surface area contributed by atoms with Crippen LogP contribution in [0.15, 0.2) is 0 Å². The fourth-order valence-electron chi connectivity index (χ4n) is 2.57. The second-order valence-electron chi connectivity index (χ2n) is 6.09. The van der Waals surface area contributed by atoms with Crippen molar-refractivity contribution >= 4 is 11.7 Å². The van der Waals surface area contributed by atoms with E-state index in [9.17, 15) is 14.7 Å². The lowest BCUT2D eigenvalue weighted by Crippen LogP contribution is -2.46. The maximum Gasteiger partial charge on any atom is 0.287 e. The molecule has 4 heteroatoms. The predicted octanol–water partition coefficient (Wildman–Crippen LogP) is 2.19. The topological polar surface area (TPSA) is 66.4 Å². The van der Waals surface area contributed by atoms with Gasteiger partial charge in [0.15, 0.2) is 0 Å². The molecular formula is C15H27NO3. The predicted molar refractivity (Wildman–Crippen MR) is 74.7 cm³/mol. The molecular weight excluding hydrogens is 242 g/mol. The fourth-order valence-corrected chi connectivity index (χ4v) is 2.57. The van der Waals surface area contributed by atoms with E-state index in [1.807, 2.05) is 0 Å². The monoisotopic (exact) mass is 269 g/mol. The number of ketones is 1. The zero-order valence-electron chi connectivity index (χ0n) is 12.4. The largest absolute Gasteiger partial charge is 0.390 e. The van der Waals surface area contributed by atoms with E-state index in [1.54, 1.807) is 13.8 Å². The average molecular weight is 269 g/mol. The molecule has 1 aliphatic rings. The molecule has 2 N–H and O–H groups in total. The van der Waals surface area contributed by atoms with E-state index in [-0.39, 0.29) is 17.7 Å². The van der Waals surface area contributed by atoms with Crippen LogP contribution in [0.2, 0.25) is 0 Å². The zero-order chi connectivity index (χ0) is 14.5. The van der Waals surface area contributed by atoms with E-state index in [0.717, 1.165) is 32.1 Å². The molecule has 1 fully saturated rings. The Morgan fingerprint density at radius 3 is 2.37 bits per heavy atom. The molecule has 0 aromatic rings. The van der Waals surface area contributed by atoms with Gasteiger partial charge in [-0.15, -0.1) is 0 Å². The van der Waals surface area contributed by atoms with Gasteiger partial charge < -0.3 is 10.4 Å². The second kappa shape index (κ2) is 7.04. The van der Waals surface area contributed by atoms with E-state index in [1.165, 1.54) is 0 Å². The van der Waals surface area contributed by atoms with Gasteiger partial charge in [-0.25, -0.2) is 0 Å². The van der Waals surface area contributed by atoms with Crippen molar-refractivity contribution in [1.29, 1.82) is 0 Å². The molecule has 0 bridgehead atoms. The molecule has 0 aliphatic heterocycles. The maximum absolute atomic E-state index is 11.7. The maximum atomic E-state index is 11.7. The lowest BCUT2D eigenvalue weighted by molar-refractivity contribution is -0.140. The Bertz CT molecular complexity index is 317. The van der Waals surface area contributed by atoms with Gasteiger partial charge >= 0.3 is 0 Å². The first-order chi connectivity index (χ1) is 8.88. The van der Waals surface area contributed by atoms with Crippen LogP contribution in [-0.2, 0) is 9.59 Å². The first kappa shape index (κ1) is 16.2. The number of hydrogen-bond donors (Lipinski definition) is 2. The average Bonchev–Trinajstić information content (AvgIpc) is 2.38. The summed E-state index contributed by atoms with van der Waals surface area (Å²) in [5.74, 6) is -1.09. The number of amides is 1. The molecule has 1 saturated carbocycles. The zero-order valence-corrected chi connectivity index (χ0v) is 12.4. The summed E-state index contributed by atoms with van der Waals surface area (Å²) >= 11 is 0. The molecule has 0 spiro atoms. The van der Waals surface area contributed by atoms with Crippen LogP contribution in [0.1, 0.15) is 65.7 Å². The molecule has 0 aromatic heterocycles. The summed E-state index contributed by atoms with van der Waals surface area (Å²) in [4.78, 5) is 23.2. The highest BCUT2D eigenvalue weighted by molar-refractivity contribution is 6.36. The first-order valence-corrected chi connectivity index (χ1v) is 7.45. The molecule has 1 aliphatic carbocycles. The number of hydrogen-bond acceptors (Lipinski definition) is 3. The van der Waals surface area contributed by atoms with E-state index >= 15 is 0 Å². The molecule has 1 rings (SSSR count). The minimum atomic E-state index is -0.556. The SMILES string of the molecule is CCCCC1(O)CCC(NC(=O)C(=O)C(C)C)CC1. The molecule has 0 atom stereocenters. The van der Waals surface area contributed by atoms with Crippen molar-refractivity contribution < 1.29 is 14.7 Å². The Balaban J connectivity index is 2.38. The highest BCUT2D eigenvalue weighted by Gasteiger charge is 2.33. The molecule has 0 saturated heterocycles. The van der Waals surface area contributed by atoms with Crippen molar-refractivity contribution in [2.24, 2.45) is 5.92 Å². The summed E-state index contributed by atoms with van der Waals surface area (Å²) in [6, 6.07) is 0.0390. The van der Waals surface area contributed by atoms with Gasteiger partial charge in [0.25, 0.3) is 5.91 Å². The lowest BCUT2D eigenvalue weighted by Gasteiger charge is -2.36. The molecule has 4 nitrogen and oxygen atoms in total. The van der Waals surface area contributed by atoms with E-state index in [4.69, 9.17) is 0 Å². The normalized spacial score (nSPS) is 27.3. The summed E-state index contributed by atoms with van der Waals surface area (Å²) in [6.45, 7) is 5.57. The third-order valence-electron chi connectivity index (χ3n) is 4.00. The minimum Gasteiger partial charge on any atom is -0.390 e. The van der Waals surface area contributed by atoms with Crippen molar-refractivity contribution in [3.05, 3.63) is 0 Å². The van der Waals surface area contributed by atoms with Crippen LogP contribution < -0.4 is 5.32 Å². The summed E-state index contributed by atoms with van der Waals surface area (Å²) in [5.41, 5.74) is -0.556. The number of carbonyl (C=O) groups excluding carboxylic acids is 2. The van der Waals surface area contributed by atoms with E-state index in [2.05, 4.69) is 12.2 Å². The van der Waals surface area contributed by atoms with Crippen LogP contribution in [0.3, 0.4) is 0 Å². The molecule has 110 valence electrons. The number of aliphatic hydroxyl groups is 1. The van der Waals surface area contributed by atoms with E-state index < -0.39 is 11.5 Å². The van der Waals surface area contributed by atoms with Gasteiger partial charge in [0, 0.05) is 12.0 Å². The standard InChI is InChI=1S/C15H27NO3/c1-4-5-8-15(19)9-6-12(7-10-15)16-14(18)13(17)11(2)3/h11-12,19H,4-10H2,1-3H3,(H,16,18). The van der Waals surface area contributed by atoms with Gasteiger partial charge in [-0.1, -0.05) is 33.6 Å². The number of rotatable bonds is 6. The van der Waals surface area contributed by atoms with Gasteiger partial charge in [0.05, 0.1) is 5.60 Å². The molecule has 1 amide bonds. The fraction of sp³-hybridized carbons (Fsp3) is 0.867. The Morgan fingerprint density at radius 1 is 1.32 bits per heavy atom. The van der Waals surface area contributed by atoms with Crippen LogP contribution in [0.5, 0.6) is 0 Å². The minimum absolute atomic E-state index is 0.0390. The highest BCUT2D eigenvalue weighted by Crippen LogP contribution is 2.32. The van der Waals surface area contributed by atoms with E-state index in [0.29, 0.717) is 12.8 Å². The Labute approximate surface area is 116 Å². The summed E-state index contributed by atoms with van der Waals surface area (Å²) < 4.78 is 0. The number of carbonyl (C=O) groups is 2. The van der Waals surface area contributed by atoms with Crippen LogP contribution >= 0.6 is 0 Å². The number of Topliss-reactive ketones (excluding diaryl/α,β-unsaturated/α-hetero) is 1. The summed E-state index contributed by atoms with van der Waals surface area (Å²) in [7, 11) is 0. The van der Waals surface area contributed by atoms with Crippen molar-refractivity contribution in [3.63, 3.8) is 0 Å². The highest BCUT2D eigenvalue weighted by atomic mass is 16.3. The Kier molecular flexibility index (Phi) is 5.98. The number of nitrogens with one attached hydrogen (secondary N) is 1. The summed E-state index contributed by atoms with van der Waals surface area (Å²) in [5, 5.41) is 13.2. The van der Waals surface area contributed by atoms with Gasteiger partial charge in [-0.05, 0) is 32.1 Å². The molecule has 0 radical (unpaired) electrons.